The minimum absolute atomic E-state index is 0.0424. The van der Waals surface area contributed by atoms with E-state index in [1.165, 1.54) is 32.1 Å². The highest BCUT2D eigenvalue weighted by atomic mass is 16.2. The van der Waals surface area contributed by atoms with Gasteiger partial charge in [-0.2, -0.15) is 0 Å². The molecule has 4 nitrogen and oxygen atoms in total. The van der Waals surface area contributed by atoms with Crippen molar-refractivity contribution >= 4 is 11.8 Å². The van der Waals surface area contributed by atoms with Crippen molar-refractivity contribution in [3.05, 3.63) is 0 Å². The van der Waals surface area contributed by atoms with E-state index in [9.17, 15) is 9.59 Å². The molecule has 0 N–H and O–H groups in total. The molecule has 2 amide bonds. The molecule has 0 aromatic rings. The molecule has 0 aromatic heterocycles. The number of carbonyl (C=O) groups is 2. The second-order valence-electron chi connectivity index (χ2n) is 8.73. The van der Waals surface area contributed by atoms with Crippen LogP contribution >= 0.6 is 0 Å². The summed E-state index contributed by atoms with van der Waals surface area (Å²) in [6.45, 7) is 5.60. The van der Waals surface area contributed by atoms with Gasteiger partial charge in [-0.25, -0.2) is 0 Å². The molecule has 142 valence electrons. The Bertz CT molecular complexity index is 451. The zero-order valence-electron chi connectivity index (χ0n) is 16.0. The number of hydrogen-bond acceptors (Lipinski definition) is 2. The van der Waals surface area contributed by atoms with Crippen LogP contribution in [0.15, 0.2) is 0 Å². The third kappa shape index (κ3) is 5.21. The van der Waals surface area contributed by atoms with E-state index in [4.69, 9.17) is 0 Å². The smallest absolute Gasteiger partial charge is 0.227 e. The predicted molar refractivity (Wildman–Crippen MR) is 100 cm³/mol. The van der Waals surface area contributed by atoms with Gasteiger partial charge >= 0.3 is 0 Å². The first-order valence-corrected chi connectivity index (χ1v) is 10.7. The maximum Gasteiger partial charge on any atom is 0.227 e. The van der Waals surface area contributed by atoms with Crippen molar-refractivity contribution in [3.63, 3.8) is 0 Å². The van der Waals surface area contributed by atoms with E-state index in [2.05, 4.69) is 11.8 Å². The number of amides is 2. The topological polar surface area (TPSA) is 40.6 Å². The molecule has 0 bridgehead atoms. The standard InChI is InChI=1S/C21H36N2O2/c1-17-11-14-22(15-12-17)21(25)19-8-5-13-23(16-19)20(24)10-9-18-6-3-2-4-7-18/h17-19H,2-16H2,1H3/t19-/m0/s1. The molecule has 2 aliphatic heterocycles. The Morgan fingerprint density at radius 2 is 1.56 bits per heavy atom. The largest absolute Gasteiger partial charge is 0.342 e. The Morgan fingerprint density at radius 1 is 0.840 bits per heavy atom. The highest BCUT2D eigenvalue weighted by molar-refractivity contribution is 5.81. The Labute approximate surface area is 153 Å². The van der Waals surface area contributed by atoms with E-state index in [1.807, 2.05) is 4.90 Å². The molecule has 0 unspecified atom stereocenters. The van der Waals surface area contributed by atoms with Crippen molar-refractivity contribution in [2.24, 2.45) is 17.8 Å². The lowest BCUT2D eigenvalue weighted by Gasteiger charge is -2.37. The second kappa shape index (κ2) is 9.05. The lowest BCUT2D eigenvalue weighted by molar-refractivity contribution is -0.142. The average Bonchev–Trinajstić information content (AvgIpc) is 2.67. The zero-order chi connectivity index (χ0) is 17.6. The molecule has 3 rings (SSSR count). The summed E-state index contributed by atoms with van der Waals surface area (Å²) in [7, 11) is 0. The summed E-state index contributed by atoms with van der Waals surface area (Å²) in [6, 6.07) is 0. The van der Waals surface area contributed by atoms with Gasteiger partial charge in [0.2, 0.25) is 11.8 Å². The highest BCUT2D eigenvalue weighted by Gasteiger charge is 2.32. The molecule has 3 fully saturated rings. The zero-order valence-corrected chi connectivity index (χ0v) is 16.0. The van der Waals surface area contributed by atoms with Gasteiger partial charge in [0, 0.05) is 32.6 Å². The lowest BCUT2D eigenvalue weighted by atomic mass is 9.86. The highest BCUT2D eigenvalue weighted by Crippen LogP contribution is 2.28. The van der Waals surface area contributed by atoms with E-state index in [0.29, 0.717) is 18.9 Å². The van der Waals surface area contributed by atoms with Crippen LogP contribution in [0.4, 0.5) is 0 Å². The number of rotatable bonds is 4. The maximum absolute atomic E-state index is 12.8. The first-order chi connectivity index (χ1) is 12.1. The van der Waals surface area contributed by atoms with Crippen molar-refractivity contribution in [3.8, 4) is 0 Å². The average molecular weight is 349 g/mol. The summed E-state index contributed by atoms with van der Waals surface area (Å²) in [4.78, 5) is 29.5. The van der Waals surface area contributed by atoms with Crippen LogP contribution in [0.5, 0.6) is 0 Å². The van der Waals surface area contributed by atoms with Gasteiger partial charge in [0.05, 0.1) is 5.92 Å². The molecular weight excluding hydrogens is 312 g/mol. The number of piperidine rings is 2. The number of nitrogens with zero attached hydrogens (tertiary/aromatic N) is 2. The Kier molecular flexibility index (Phi) is 6.77. The first kappa shape index (κ1) is 18.7. The first-order valence-electron chi connectivity index (χ1n) is 10.7. The van der Waals surface area contributed by atoms with E-state index >= 15 is 0 Å². The van der Waals surface area contributed by atoms with Crippen LogP contribution in [-0.4, -0.2) is 47.8 Å². The maximum atomic E-state index is 12.8. The Balaban J connectivity index is 1.45. The molecule has 1 aliphatic carbocycles. The molecule has 2 saturated heterocycles. The van der Waals surface area contributed by atoms with Gasteiger partial charge in [-0.15, -0.1) is 0 Å². The van der Waals surface area contributed by atoms with E-state index in [1.54, 1.807) is 0 Å². The number of hydrogen-bond donors (Lipinski definition) is 0. The quantitative estimate of drug-likeness (QED) is 0.774. The monoisotopic (exact) mass is 348 g/mol. The summed E-state index contributed by atoms with van der Waals surface area (Å²) in [5.41, 5.74) is 0. The van der Waals surface area contributed by atoms with E-state index in [-0.39, 0.29) is 11.8 Å². The summed E-state index contributed by atoms with van der Waals surface area (Å²) in [5, 5.41) is 0. The third-order valence-electron chi connectivity index (χ3n) is 6.71. The fourth-order valence-electron chi connectivity index (χ4n) is 4.85. The van der Waals surface area contributed by atoms with Crippen LogP contribution in [0.25, 0.3) is 0 Å². The summed E-state index contributed by atoms with van der Waals surface area (Å²) in [6.07, 6.45) is 12.6. The van der Waals surface area contributed by atoms with Crippen molar-refractivity contribution in [1.29, 1.82) is 0 Å². The third-order valence-corrected chi connectivity index (χ3v) is 6.71. The summed E-state index contributed by atoms with van der Waals surface area (Å²) < 4.78 is 0. The fourth-order valence-corrected chi connectivity index (χ4v) is 4.85. The predicted octanol–water partition coefficient (Wildman–Crippen LogP) is 3.84. The van der Waals surface area contributed by atoms with Crippen LogP contribution in [-0.2, 0) is 9.59 Å². The van der Waals surface area contributed by atoms with Crippen LogP contribution in [0.3, 0.4) is 0 Å². The molecule has 0 aromatic carbocycles. The SMILES string of the molecule is CC1CCN(C(=O)[C@H]2CCCN(C(=O)CCC3CCCCC3)C2)CC1. The molecule has 0 radical (unpaired) electrons. The number of carbonyl (C=O) groups excluding carboxylic acids is 2. The van der Waals surface area contributed by atoms with Crippen LogP contribution < -0.4 is 0 Å². The molecule has 0 spiro atoms. The van der Waals surface area contributed by atoms with Gasteiger partial charge in [-0.1, -0.05) is 39.0 Å². The van der Waals surface area contributed by atoms with Crippen molar-refractivity contribution in [2.75, 3.05) is 26.2 Å². The van der Waals surface area contributed by atoms with Crippen molar-refractivity contribution in [2.45, 2.75) is 77.6 Å². The minimum atomic E-state index is 0.0424. The molecule has 4 heteroatoms. The molecule has 1 atom stereocenters. The molecule has 1 saturated carbocycles. The van der Waals surface area contributed by atoms with Crippen LogP contribution in [0, 0.1) is 17.8 Å². The van der Waals surface area contributed by atoms with Crippen LogP contribution in [0.2, 0.25) is 0 Å². The molecule has 25 heavy (non-hydrogen) atoms. The molecular formula is C21H36N2O2. The Morgan fingerprint density at radius 3 is 2.28 bits per heavy atom. The van der Waals surface area contributed by atoms with Crippen LogP contribution in [0.1, 0.15) is 77.6 Å². The second-order valence-corrected chi connectivity index (χ2v) is 8.73. The van der Waals surface area contributed by atoms with Crippen molar-refractivity contribution in [1.82, 2.24) is 9.80 Å². The van der Waals surface area contributed by atoms with Gasteiger partial charge in [-0.3, -0.25) is 9.59 Å². The van der Waals surface area contributed by atoms with Gasteiger partial charge < -0.3 is 9.80 Å². The van der Waals surface area contributed by atoms with Gasteiger partial charge in [0.25, 0.3) is 0 Å². The lowest BCUT2D eigenvalue weighted by Crippen LogP contribution is -2.48. The van der Waals surface area contributed by atoms with E-state index < -0.39 is 0 Å². The number of likely N-dealkylation sites (tertiary alicyclic amines) is 2. The van der Waals surface area contributed by atoms with E-state index in [0.717, 1.165) is 63.6 Å². The summed E-state index contributed by atoms with van der Waals surface area (Å²) in [5.74, 6) is 2.14. The summed E-state index contributed by atoms with van der Waals surface area (Å²) >= 11 is 0. The molecule has 2 heterocycles. The minimum Gasteiger partial charge on any atom is -0.342 e. The molecule has 3 aliphatic rings. The Hall–Kier alpha value is -1.06. The van der Waals surface area contributed by atoms with Gasteiger partial charge in [0.15, 0.2) is 0 Å². The fraction of sp³-hybridized carbons (Fsp3) is 0.905. The van der Waals surface area contributed by atoms with Crippen molar-refractivity contribution < 1.29 is 9.59 Å². The van der Waals surface area contributed by atoms with Gasteiger partial charge in [-0.05, 0) is 43.9 Å². The van der Waals surface area contributed by atoms with Gasteiger partial charge in [0.1, 0.15) is 0 Å². The normalized spacial score (nSPS) is 26.7.